The minimum Gasteiger partial charge on any atom is -1.00 e. The van der Waals surface area contributed by atoms with E-state index in [1.165, 1.54) is 27.9 Å². The first-order valence-electron chi connectivity index (χ1n) is 9.32. The molecule has 0 fully saturated rings. The van der Waals surface area contributed by atoms with Gasteiger partial charge in [-0.1, -0.05) is 42.0 Å². The number of imidazole rings is 1. The molecule has 0 bridgehead atoms. The van der Waals surface area contributed by atoms with Crippen LogP contribution in [0.2, 0.25) is 0 Å². The van der Waals surface area contributed by atoms with Crippen molar-refractivity contribution in [3.8, 4) is 5.69 Å². The van der Waals surface area contributed by atoms with Crippen LogP contribution in [0.15, 0.2) is 55.1 Å². The summed E-state index contributed by atoms with van der Waals surface area (Å²) in [5.41, 5.74) is 6.31. The second kappa shape index (κ2) is 9.82. The molecule has 0 saturated carbocycles. The zero-order chi connectivity index (χ0) is 20.3. The maximum atomic E-state index is 5.55. The predicted octanol–water partition coefficient (Wildman–Crippen LogP) is -0.173. The van der Waals surface area contributed by atoms with E-state index >= 15 is 0 Å². The van der Waals surface area contributed by atoms with E-state index in [-0.39, 0.29) is 17.0 Å². The van der Waals surface area contributed by atoms with Gasteiger partial charge in [0.1, 0.15) is 24.6 Å². The molecule has 0 atom stereocenters. The van der Waals surface area contributed by atoms with Crippen LogP contribution < -0.4 is 26.7 Å². The number of aryl methyl sites for hydroxylation is 3. The number of aromatic nitrogens is 2. The molecule has 1 aromatic heterocycles. The molecule has 0 radical (unpaired) electrons. The third-order valence-corrected chi connectivity index (χ3v) is 7.72. The van der Waals surface area contributed by atoms with Gasteiger partial charge in [0.05, 0.1) is 0 Å². The van der Waals surface area contributed by atoms with Crippen LogP contribution in [0.5, 0.6) is 0 Å². The minimum absolute atomic E-state index is 0. The summed E-state index contributed by atoms with van der Waals surface area (Å²) in [5.74, 6) is 0. The first-order valence-corrected chi connectivity index (χ1v) is 11.0. The molecule has 0 amide bonds. The summed E-state index contributed by atoms with van der Waals surface area (Å²) in [5, 5.41) is 0.956. The highest BCUT2D eigenvalue weighted by molar-refractivity contribution is 6.75. The summed E-state index contributed by atoms with van der Waals surface area (Å²) in [4.78, 5) is 0. The topological polar surface area (TPSA) is 36.5 Å². The van der Waals surface area contributed by atoms with Crippen LogP contribution in [0.3, 0.4) is 0 Å². The quantitative estimate of drug-likeness (QED) is 0.350. The van der Waals surface area contributed by atoms with Gasteiger partial charge in [0.15, 0.2) is 0 Å². The number of hydrogen-bond donors (Lipinski definition) is 0. The normalized spacial score (nSPS) is 11.4. The molecule has 7 heteroatoms. The van der Waals surface area contributed by atoms with Crippen LogP contribution >= 0.6 is 0 Å². The fraction of sp³-hybridized carbons (Fsp3) is 0.318. The summed E-state index contributed by atoms with van der Waals surface area (Å²) >= 11 is 0. The van der Waals surface area contributed by atoms with Gasteiger partial charge in [-0.05, 0) is 37.5 Å². The van der Waals surface area contributed by atoms with Gasteiger partial charge in [0.2, 0.25) is 6.33 Å². The predicted molar refractivity (Wildman–Crippen MR) is 112 cm³/mol. The molecule has 0 aliphatic rings. The summed E-state index contributed by atoms with van der Waals surface area (Å²) < 4.78 is 21.0. The Balaban J connectivity index is 0.00000300. The van der Waals surface area contributed by atoms with Gasteiger partial charge < -0.3 is 30.3 Å². The van der Waals surface area contributed by atoms with Gasteiger partial charge in [0.25, 0.3) is 0 Å². The largest absolute Gasteiger partial charge is 1.00 e. The Kier molecular flexibility index (Phi) is 7.96. The third kappa shape index (κ3) is 4.87. The van der Waals surface area contributed by atoms with E-state index in [9.17, 15) is 0 Å². The summed E-state index contributed by atoms with van der Waals surface area (Å²) in [6, 6.07) is 12.7. The molecule has 0 N–H and O–H groups in total. The number of hydrogen-bond acceptors (Lipinski definition) is 3. The molecular weight excluding hydrogens is 448 g/mol. The summed E-state index contributed by atoms with van der Waals surface area (Å²) in [6.07, 6.45) is 6.35. The Morgan fingerprint density at radius 2 is 1.45 bits per heavy atom. The second-order valence-corrected chi connectivity index (χ2v) is 10.0. The highest BCUT2D eigenvalue weighted by Crippen LogP contribution is 2.16. The van der Waals surface area contributed by atoms with Gasteiger partial charge in [0, 0.05) is 26.5 Å². The highest BCUT2D eigenvalue weighted by Gasteiger charge is 2.40. The molecule has 0 unspecified atom stereocenters. The van der Waals surface area contributed by atoms with Crippen molar-refractivity contribution in [3.05, 3.63) is 77.4 Å². The first kappa shape index (κ1) is 23.5. The van der Waals surface area contributed by atoms with Gasteiger partial charge in [-0.25, -0.2) is 9.13 Å². The van der Waals surface area contributed by atoms with Crippen LogP contribution in [0.4, 0.5) is 0 Å². The average molecular weight is 477 g/mol. The smallest absolute Gasteiger partial charge is 0.536 e. The van der Waals surface area contributed by atoms with Crippen LogP contribution in [0, 0.1) is 20.8 Å². The Labute approximate surface area is 185 Å². The molecule has 0 aliphatic carbocycles. The molecule has 1 heterocycles. The van der Waals surface area contributed by atoms with Gasteiger partial charge in [-0.3, -0.25) is 0 Å². The second-order valence-electron chi connectivity index (χ2n) is 7.11. The van der Waals surface area contributed by atoms with E-state index in [0.717, 1.165) is 11.7 Å². The first-order chi connectivity index (χ1) is 13.4. The van der Waals surface area contributed by atoms with E-state index in [4.69, 9.17) is 13.3 Å². The molecule has 2 aromatic carbocycles. The van der Waals surface area contributed by atoms with E-state index in [2.05, 4.69) is 72.9 Å². The zero-order valence-electron chi connectivity index (χ0n) is 17.9. The van der Waals surface area contributed by atoms with Crippen LogP contribution in [-0.4, -0.2) is 34.7 Å². The summed E-state index contributed by atoms with van der Waals surface area (Å²) in [7, 11) is 2.10. The van der Waals surface area contributed by atoms with E-state index in [1.54, 1.807) is 21.3 Å². The van der Waals surface area contributed by atoms with Crippen molar-refractivity contribution < 1.29 is 34.8 Å². The van der Waals surface area contributed by atoms with Crippen molar-refractivity contribution in [3.63, 3.8) is 0 Å². The lowest BCUT2D eigenvalue weighted by atomic mass is 10.1. The van der Waals surface area contributed by atoms with Crippen LogP contribution in [0.25, 0.3) is 5.69 Å². The lowest BCUT2D eigenvalue weighted by Crippen LogP contribution is -3.00. The monoisotopic (exact) mass is 476 g/mol. The number of halogens is 1. The third-order valence-electron chi connectivity index (χ3n) is 5.06. The van der Waals surface area contributed by atoms with Gasteiger partial charge in [-0.2, -0.15) is 0 Å². The molecule has 3 aromatic rings. The maximum Gasteiger partial charge on any atom is 0.536 e. The molecule has 0 saturated heterocycles. The van der Waals surface area contributed by atoms with Crippen molar-refractivity contribution >= 4 is 14.0 Å². The molecule has 0 spiro atoms. The Hall–Kier alpha value is -1.77. The SMILES string of the molecule is CO[Si](OC)(OC)c1ccc(Cn2cc[n+](-c3c(C)cc(C)cc3C)c2)cc1.[Br-]. The molecule has 29 heavy (non-hydrogen) atoms. The minimum atomic E-state index is -2.78. The lowest BCUT2D eigenvalue weighted by Gasteiger charge is -2.24. The van der Waals surface area contributed by atoms with Crippen molar-refractivity contribution in [1.82, 2.24) is 4.57 Å². The van der Waals surface area contributed by atoms with Crippen molar-refractivity contribution in [2.75, 3.05) is 21.3 Å². The Morgan fingerprint density at radius 1 is 0.897 bits per heavy atom. The zero-order valence-corrected chi connectivity index (χ0v) is 20.5. The Bertz CT molecular complexity index is 922. The fourth-order valence-corrected chi connectivity index (χ4v) is 5.61. The van der Waals surface area contributed by atoms with Crippen LogP contribution in [0.1, 0.15) is 22.3 Å². The van der Waals surface area contributed by atoms with Crippen molar-refractivity contribution in [2.24, 2.45) is 0 Å². The van der Waals surface area contributed by atoms with Gasteiger partial charge >= 0.3 is 8.80 Å². The molecule has 5 nitrogen and oxygen atoms in total. The van der Waals surface area contributed by atoms with E-state index < -0.39 is 8.80 Å². The number of rotatable bonds is 7. The fourth-order valence-electron chi connectivity index (χ4n) is 3.83. The Morgan fingerprint density at radius 3 is 1.97 bits per heavy atom. The molecular formula is C22H29BrN2O3Si. The van der Waals surface area contributed by atoms with Gasteiger partial charge in [-0.15, -0.1) is 0 Å². The van der Waals surface area contributed by atoms with Crippen molar-refractivity contribution in [2.45, 2.75) is 27.3 Å². The maximum absolute atomic E-state index is 5.55. The van der Waals surface area contributed by atoms with E-state index in [1.807, 2.05) is 12.1 Å². The standard InChI is InChI=1S/C22H29N2O3Si.BrH/c1-17-13-18(2)22(19(3)14-17)24-12-11-23(16-24)15-20-7-9-21(10-8-20)28(25-4,26-5)27-6;/h7-14,16H,15H2,1-6H3;1H/q+1;/p-1. The highest BCUT2D eigenvalue weighted by atomic mass is 79.9. The number of nitrogens with zero attached hydrogens (tertiary/aromatic N) is 2. The van der Waals surface area contributed by atoms with E-state index in [0.29, 0.717) is 0 Å². The number of benzene rings is 2. The molecule has 3 rings (SSSR count). The van der Waals surface area contributed by atoms with Crippen LogP contribution in [-0.2, 0) is 19.8 Å². The molecule has 156 valence electrons. The average Bonchev–Trinajstić information content (AvgIpc) is 3.12. The summed E-state index contributed by atoms with van der Waals surface area (Å²) in [6.45, 7) is 7.25. The van der Waals surface area contributed by atoms with Crippen molar-refractivity contribution in [1.29, 1.82) is 0 Å². The lowest BCUT2D eigenvalue weighted by molar-refractivity contribution is -0.596. The molecule has 0 aliphatic heterocycles.